The predicted molar refractivity (Wildman–Crippen MR) is 109 cm³/mol. The lowest BCUT2D eigenvalue weighted by molar-refractivity contribution is -0.135. The van der Waals surface area contributed by atoms with Gasteiger partial charge in [0.15, 0.2) is 0 Å². The first kappa shape index (κ1) is 21.2. The highest BCUT2D eigenvalue weighted by Gasteiger charge is 2.37. The maximum atomic E-state index is 12.8. The van der Waals surface area contributed by atoms with Gasteiger partial charge in [0.25, 0.3) is 0 Å². The van der Waals surface area contributed by atoms with E-state index in [-0.39, 0.29) is 12.2 Å². The highest BCUT2D eigenvalue weighted by molar-refractivity contribution is 6.15. The second kappa shape index (κ2) is 8.69. The molecule has 0 unspecified atom stereocenters. The minimum absolute atomic E-state index is 0.227. The molecule has 0 spiro atoms. The molecule has 6 heteroatoms. The fourth-order valence-corrected chi connectivity index (χ4v) is 2.59. The van der Waals surface area contributed by atoms with Crippen molar-refractivity contribution in [2.75, 3.05) is 17.2 Å². The predicted octanol–water partition coefficient (Wildman–Crippen LogP) is 4.08. The first-order valence-corrected chi connectivity index (χ1v) is 9.13. The van der Waals surface area contributed by atoms with Gasteiger partial charge < -0.3 is 15.4 Å². The Bertz CT molecular complexity index is 903. The average Bonchev–Trinajstić information content (AvgIpc) is 2.64. The number of anilines is 2. The molecule has 0 saturated heterocycles. The lowest BCUT2D eigenvalue weighted by atomic mass is 9.90. The largest absolute Gasteiger partial charge is 0.462 e. The normalized spacial score (nSPS) is 10.9. The number of carbonyl (C=O) groups excluding carboxylic acids is 3. The first-order chi connectivity index (χ1) is 13.2. The van der Waals surface area contributed by atoms with Gasteiger partial charge in [0.1, 0.15) is 5.41 Å². The van der Waals surface area contributed by atoms with Crippen LogP contribution in [0.1, 0.15) is 42.3 Å². The van der Waals surface area contributed by atoms with Crippen LogP contribution in [0.15, 0.2) is 42.5 Å². The van der Waals surface area contributed by atoms with Crippen molar-refractivity contribution in [3.63, 3.8) is 0 Å². The standard InChI is InChI=1S/C22H26N2O4/c1-6-28-19(25)16-9-7-8-10-18(16)24-21(27)22(4,5)20(26)23-17-12-11-14(2)13-15(17)3/h7-13H,6H2,1-5H3,(H,23,26)(H,24,27). The molecule has 148 valence electrons. The Labute approximate surface area is 165 Å². The van der Waals surface area contributed by atoms with E-state index in [2.05, 4.69) is 10.6 Å². The molecule has 2 aromatic rings. The summed E-state index contributed by atoms with van der Waals surface area (Å²) >= 11 is 0. The molecule has 28 heavy (non-hydrogen) atoms. The molecule has 6 nitrogen and oxygen atoms in total. The van der Waals surface area contributed by atoms with Crippen LogP contribution >= 0.6 is 0 Å². The molecule has 0 aromatic heterocycles. The van der Waals surface area contributed by atoms with E-state index in [4.69, 9.17) is 4.74 Å². The number of carbonyl (C=O) groups is 3. The van der Waals surface area contributed by atoms with Crippen LogP contribution in [0.25, 0.3) is 0 Å². The van der Waals surface area contributed by atoms with E-state index < -0.39 is 23.2 Å². The number of hydrogen-bond acceptors (Lipinski definition) is 4. The van der Waals surface area contributed by atoms with E-state index in [0.717, 1.165) is 11.1 Å². The van der Waals surface area contributed by atoms with Crippen LogP contribution in [0.2, 0.25) is 0 Å². The van der Waals surface area contributed by atoms with Crippen LogP contribution < -0.4 is 10.6 Å². The number of hydrogen-bond donors (Lipinski definition) is 2. The molecule has 0 bridgehead atoms. The number of nitrogens with one attached hydrogen (secondary N) is 2. The average molecular weight is 382 g/mol. The maximum absolute atomic E-state index is 12.8. The number of ether oxygens (including phenoxy) is 1. The lowest BCUT2D eigenvalue weighted by Gasteiger charge is -2.24. The molecular formula is C22H26N2O4. The summed E-state index contributed by atoms with van der Waals surface area (Å²) in [6.07, 6.45) is 0. The zero-order valence-electron chi connectivity index (χ0n) is 16.9. The molecule has 0 aliphatic carbocycles. The van der Waals surface area contributed by atoms with Crippen LogP contribution in [0.3, 0.4) is 0 Å². The van der Waals surface area contributed by atoms with Gasteiger partial charge in [0.05, 0.1) is 17.9 Å². The van der Waals surface area contributed by atoms with Gasteiger partial charge >= 0.3 is 5.97 Å². The molecule has 0 radical (unpaired) electrons. The number of esters is 1. The van der Waals surface area contributed by atoms with Crippen LogP contribution in [-0.2, 0) is 14.3 Å². The van der Waals surface area contributed by atoms with E-state index in [9.17, 15) is 14.4 Å². The van der Waals surface area contributed by atoms with E-state index in [1.165, 1.54) is 13.8 Å². The van der Waals surface area contributed by atoms with Crippen LogP contribution in [0.4, 0.5) is 11.4 Å². The third-order valence-corrected chi connectivity index (χ3v) is 4.44. The van der Waals surface area contributed by atoms with Gasteiger partial charge in [-0.25, -0.2) is 4.79 Å². The first-order valence-electron chi connectivity index (χ1n) is 9.13. The van der Waals surface area contributed by atoms with Crippen molar-refractivity contribution in [3.8, 4) is 0 Å². The van der Waals surface area contributed by atoms with Crippen molar-refractivity contribution < 1.29 is 19.1 Å². The Morgan fingerprint density at radius 1 is 0.929 bits per heavy atom. The van der Waals surface area contributed by atoms with Crippen molar-refractivity contribution in [1.82, 2.24) is 0 Å². The van der Waals surface area contributed by atoms with Crippen LogP contribution in [0.5, 0.6) is 0 Å². The van der Waals surface area contributed by atoms with Crippen molar-refractivity contribution in [2.24, 2.45) is 5.41 Å². The summed E-state index contributed by atoms with van der Waals surface area (Å²) in [4.78, 5) is 37.7. The highest BCUT2D eigenvalue weighted by Crippen LogP contribution is 2.25. The lowest BCUT2D eigenvalue weighted by Crippen LogP contribution is -2.42. The van der Waals surface area contributed by atoms with Gasteiger partial charge in [0.2, 0.25) is 11.8 Å². The van der Waals surface area contributed by atoms with Gasteiger partial charge in [-0.3, -0.25) is 9.59 Å². The zero-order valence-corrected chi connectivity index (χ0v) is 16.9. The molecule has 0 aliphatic heterocycles. The van der Waals surface area contributed by atoms with Crippen molar-refractivity contribution >= 4 is 29.2 Å². The molecule has 0 aliphatic rings. The zero-order chi connectivity index (χ0) is 20.9. The topological polar surface area (TPSA) is 84.5 Å². The van der Waals surface area contributed by atoms with Crippen molar-refractivity contribution in [1.29, 1.82) is 0 Å². The number of rotatable bonds is 6. The molecule has 2 amide bonds. The monoisotopic (exact) mass is 382 g/mol. The molecule has 2 N–H and O–H groups in total. The molecule has 2 rings (SSSR count). The Morgan fingerprint density at radius 3 is 2.14 bits per heavy atom. The van der Waals surface area contributed by atoms with Crippen molar-refractivity contribution in [2.45, 2.75) is 34.6 Å². The van der Waals surface area contributed by atoms with Gasteiger partial charge in [-0.2, -0.15) is 0 Å². The Balaban J connectivity index is 2.19. The summed E-state index contributed by atoms with van der Waals surface area (Å²) < 4.78 is 5.02. The quantitative estimate of drug-likeness (QED) is 0.582. The number of amides is 2. The molecule has 0 saturated carbocycles. The second-order valence-corrected chi connectivity index (χ2v) is 7.12. The number of benzene rings is 2. The summed E-state index contributed by atoms with van der Waals surface area (Å²) in [5, 5.41) is 5.49. The number of para-hydroxylation sites is 1. The van der Waals surface area contributed by atoms with E-state index in [0.29, 0.717) is 11.4 Å². The van der Waals surface area contributed by atoms with Crippen LogP contribution in [0, 0.1) is 19.3 Å². The Morgan fingerprint density at radius 2 is 1.54 bits per heavy atom. The minimum atomic E-state index is -1.36. The third-order valence-electron chi connectivity index (χ3n) is 4.44. The summed E-state index contributed by atoms with van der Waals surface area (Å²) in [6.45, 7) is 8.87. The van der Waals surface area contributed by atoms with Gasteiger partial charge in [0, 0.05) is 5.69 Å². The fourth-order valence-electron chi connectivity index (χ4n) is 2.59. The van der Waals surface area contributed by atoms with Gasteiger partial charge in [-0.1, -0.05) is 29.8 Å². The van der Waals surface area contributed by atoms with Gasteiger partial charge in [-0.15, -0.1) is 0 Å². The molecule has 0 atom stereocenters. The van der Waals surface area contributed by atoms with E-state index in [1.54, 1.807) is 31.2 Å². The fraction of sp³-hybridized carbons (Fsp3) is 0.318. The molecule has 2 aromatic carbocycles. The van der Waals surface area contributed by atoms with Gasteiger partial charge in [-0.05, 0) is 58.4 Å². The molecule has 0 heterocycles. The van der Waals surface area contributed by atoms with Crippen molar-refractivity contribution in [3.05, 3.63) is 59.2 Å². The SMILES string of the molecule is CCOC(=O)c1ccccc1NC(=O)C(C)(C)C(=O)Nc1ccc(C)cc1C. The molecule has 0 fully saturated rings. The Hall–Kier alpha value is -3.15. The summed E-state index contributed by atoms with van der Waals surface area (Å²) in [5.74, 6) is -1.49. The molecular weight excluding hydrogens is 356 g/mol. The third kappa shape index (κ3) is 4.76. The summed E-state index contributed by atoms with van der Waals surface area (Å²) in [5.41, 5.74) is 1.84. The maximum Gasteiger partial charge on any atom is 0.340 e. The minimum Gasteiger partial charge on any atom is -0.462 e. The van der Waals surface area contributed by atoms with E-state index in [1.807, 2.05) is 32.0 Å². The second-order valence-electron chi connectivity index (χ2n) is 7.12. The van der Waals surface area contributed by atoms with Crippen LogP contribution in [-0.4, -0.2) is 24.4 Å². The highest BCUT2D eigenvalue weighted by atomic mass is 16.5. The Kier molecular flexibility index (Phi) is 6.57. The summed E-state index contributed by atoms with van der Waals surface area (Å²) in [6, 6.07) is 12.2. The summed E-state index contributed by atoms with van der Waals surface area (Å²) in [7, 11) is 0. The smallest absolute Gasteiger partial charge is 0.340 e. The van der Waals surface area contributed by atoms with E-state index >= 15 is 0 Å². The number of aryl methyl sites for hydroxylation is 2.